The van der Waals surface area contributed by atoms with Gasteiger partial charge in [0, 0.05) is 0 Å². The smallest absolute Gasteiger partial charge is 0.0822 e. The Bertz CT molecular complexity index is 328. The van der Waals surface area contributed by atoms with Crippen LogP contribution in [0.5, 0.6) is 0 Å². The first kappa shape index (κ1) is 9.89. The zero-order valence-electron chi connectivity index (χ0n) is 10.3. The van der Waals surface area contributed by atoms with E-state index in [1.807, 2.05) is 0 Å². The summed E-state index contributed by atoms with van der Waals surface area (Å²) in [6.07, 6.45) is 6.69. The summed E-state index contributed by atoms with van der Waals surface area (Å²) in [5.74, 6) is 1.59. The maximum absolute atomic E-state index is 6.29. The molecule has 0 N–H and O–H groups in total. The van der Waals surface area contributed by atoms with Gasteiger partial charge < -0.3 is 4.74 Å². The SMILES string of the molecule is CC1=CC[C@@]2(C)O[C@@H]1[C@@H]1CC(C)(C)C[C@@H]12. The minimum absolute atomic E-state index is 0.155. The summed E-state index contributed by atoms with van der Waals surface area (Å²) in [5, 5.41) is 0. The van der Waals surface area contributed by atoms with Gasteiger partial charge in [0.05, 0.1) is 11.7 Å². The average Bonchev–Trinajstić information content (AvgIpc) is 2.55. The van der Waals surface area contributed by atoms with Crippen molar-refractivity contribution >= 4 is 0 Å². The van der Waals surface area contributed by atoms with E-state index in [1.165, 1.54) is 18.4 Å². The van der Waals surface area contributed by atoms with Gasteiger partial charge in [-0.3, -0.25) is 0 Å². The molecular formula is C14H22O. The van der Waals surface area contributed by atoms with E-state index >= 15 is 0 Å². The second-order valence-corrected chi connectivity index (χ2v) is 6.85. The Morgan fingerprint density at radius 2 is 2.00 bits per heavy atom. The van der Waals surface area contributed by atoms with E-state index in [4.69, 9.17) is 4.74 Å². The fourth-order valence-corrected chi connectivity index (χ4v) is 4.17. The van der Waals surface area contributed by atoms with Gasteiger partial charge in [-0.15, -0.1) is 0 Å². The molecule has 0 aromatic carbocycles. The third kappa shape index (κ3) is 1.25. The Morgan fingerprint density at radius 3 is 2.73 bits per heavy atom. The first-order valence-electron chi connectivity index (χ1n) is 6.26. The summed E-state index contributed by atoms with van der Waals surface area (Å²) >= 11 is 0. The maximum atomic E-state index is 6.29. The van der Waals surface area contributed by atoms with Crippen LogP contribution in [-0.4, -0.2) is 11.7 Å². The highest BCUT2D eigenvalue weighted by atomic mass is 16.5. The maximum Gasteiger partial charge on any atom is 0.0822 e. The number of rotatable bonds is 0. The molecule has 0 unspecified atom stereocenters. The number of fused-ring (bicyclic) bond motifs is 5. The van der Waals surface area contributed by atoms with Gasteiger partial charge in [0.25, 0.3) is 0 Å². The molecule has 1 saturated heterocycles. The molecule has 3 rings (SSSR count). The second-order valence-electron chi connectivity index (χ2n) is 6.85. The van der Waals surface area contributed by atoms with Crippen molar-refractivity contribution in [2.24, 2.45) is 17.3 Å². The van der Waals surface area contributed by atoms with Gasteiger partial charge in [-0.1, -0.05) is 19.9 Å². The fraction of sp³-hybridized carbons (Fsp3) is 0.857. The molecule has 2 heterocycles. The molecule has 0 spiro atoms. The molecule has 1 heteroatoms. The van der Waals surface area contributed by atoms with E-state index in [9.17, 15) is 0 Å². The molecule has 15 heavy (non-hydrogen) atoms. The predicted octanol–water partition coefficient (Wildman–Crippen LogP) is 3.55. The van der Waals surface area contributed by atoms with Crippen molar-refractivity contribution in [3.05, 3.63) is 11.6 Å². The number of ether oxygens (including phenoxy) is 1. The third-order valence-corrected chi connectivity index (χ3v) is 4.93. The van der Waals surface area contributed by atoms with Crippen LogP contribution in [0.1, 0.15) is 47.0 Å². The van der Waals surface area contributed by atoms with E-state index in [0.717, 1.165) is 18.3 Å². The Morgan fingerprint density at radius 1 is 1.27 bits per heavy atom. The van der Waals surface area contributed by atoms with Gasteiger partial charge in [0.15, 0.2) is 0 Å². The normalized spacial score (nSPS) is 51.5. The molecule has 0 amide bonds. The molecule has 2 aliphatic heterocycles. The van der Waals surface area contributed by atoms with Crippen LogP contribution in [-0.2, 0) is 4.74 Å². The third-order valence-electron chi connectivity index (χ3n) is 4.93. The van der Waals surface area contributed by atoms with Crippen LogP contribution in [0, 0.1) is 17.3 Å². The standard InChI is InChI=1S/C14H22O/c1-9-5-6-14(4)11-8-13(2,3)7-10(11)12(9)15-14/h5,10-12H,6-8H2,1-4H3/t10-,11+,12+,14-/m1/s1. The summed E-state index contributed by atoms with van der Waals surface area (Å²) in [7, 11) is 0. The van der Waals surface area contributed by atoms with Gasteiger partial charge >= 0.3 is 0 Å². The van der Waals surface area contributed by atoms with Crippen LogP contribution in [0.2, 0.25) is 0 Å². The molecule has 1 aliphatic carbocycles. The fourth-order valence-electron chi connectivity index (χ4n) is 4.17. The van der Waals surface area contributed by atoms with Crippen molar-refractivity contribution in [1.29, 1.82) is 0 Å². The molecule has 4 atom stereocenters. The average molecular weight is 206 g/mol. The van der Waals surface area contributed by atoms with Crippen molar-refractivity contribution in [3.63, 3.8) is 0 Å². The van der Waals surface area contributed by atoms with Crippen LogP contribution in [0.4, 0.5) is 0 Å². The van der Waals surface area contributed by atoms with Gasteiger partial charge in [-0.2, -0.15) is 0 Å². The Balaban J connectivity index is 1.98. The first-order chi connectivity index (χ1) is 6.91. The van der Waals surface area contributed by atoms with Crippen molar-refractivity contribution in [2.75, 3.05) is 0 Å². The van der Waals surface area contributed by atoms with E-state index in [0.29, 0.717) is 11.5 Å². The zero-order chi connectivity index (χ0) is 10.8. The lowest BCUT2D eigenvalue weighted by molar-refractivity contribution is -0.0501. The Labute approximate surface area is 92.9 Å². The minimum atomic E-state index is 0.155. The Hall–Kier alpha value is -0.300. The highest BCUT2D eigenvalue weighted by molar-refractivity contribution is 5.22. The van der Waals surface area contributed by atoms with E-state index in [1.54, 1.807) is 0 Å². The second kappa shape index (κ2) is 2.68. The molecule has 0 aromatic heterocycles. The van der Waals surface area contributed by atoms with Gasteiger partial charge in [-0.25, -0.2) is 0 Å². The van der Waals surface area contributed by atoms with Crippen LogP contribution in [0.3, 0.4) is 0 Å². The molecule has 3 aliphatic rings. The van der Waals surface area contributed by atoms with Gasteiger partial charge in [0.1, 0.15) is 0 Å². The molecule has 2 fully saturated rings. The Kier molecular flexibility index (Phi) is 1.77. The molecule has 0 radical (unpaired) electrons. The van der Waals surface area contributed by atoms with Crippen molar-refractivity contribution in [1.82, 2.24) is 0 Å². The topological polar surface area (TPSA) is 9.23 Å². The highest BCUT2D eigenvalue weighted by Crippen LogP contribution is 2.60. The quantitative estimate of drug-likeness (QED) is 0.551. The van der Waals surface area contributed by atoms with Crippen molar-refractivity contribution in [3.8, 4) is 0 Å². The lowest BCUT2D eigenvalue weighted by Crippen LogP contribution is -2.34. The van der Waals surface area contributed by atoms with Crippen LogP contribution in [0.15, 0.2) is 11.6 Å². The largest absolute Gasteiger partial charge is 0.367 e. The van der Waals surface area contributed by atoms with Crippen LogP contribution >= 0.6 is 0 Å². The zero-order valence-corrected chi connectivity index (χ0v) is 10.3. The summed E-state index contributed by atoms with van der Waals surface area (Å²) in [5.41, 5.74) is 2.18. The monoisotopic (exact) mass is 206 g/mol. The van der Waals surface area contributed by atoms with Crippen LogP contribution < -0.4 is 0 Å². The van der Waals surface area contributed by atoms with Crippen molar-refractivity contribution < 1.29 is 4.74 Å². The lowest BCUT2D eigenvalue weighted by atomic mass is 9.81. The molecule has 1 nitrogen and oxygen atoms in total. The number of hydrogen-bond acceptors (Lipinski definition) is 1. The van der Waals surface area contributed by atoms with E-state index in [-0.39, 0.29) is 5.60 Å². The summed E-state index contributed by atoms with van der Waals surface area (Å²) in [6, 6.07) is 0. The summed E-state index contributed by atoms with van der Waals surface area (Å²) in [4.78, 5) is 0. The van der Waals surface area contributed by atoms with Gasteiger partial charge in [-0.05, 0) is 55.9 Å². The summed E-state index contributed by atoms with van der Waals surface area (Å²) in [6.45, 7) is 9.42. The van der Waals surface area contributed by atoms with Crippen LogP contribution in [0.25, 0.3) is 0 Å². The molecule has 84 valence electrons. The molecule has 0 aromatic rings. The van der Waals surface area contributed by atoms with Gasteiger partial charge in [0.2, 0.25) is 0 Å². The number of hydrogen-bond donors (Lipinski definition) is 0. The lowest BCUT2D eigenvalue weighted by Gasteiger charge is -2.34. The highest BCUT2D eigenvalue weighted by Gasteiger charge is 2.59. The summed E-state index contributed by atoms with van der Waals surface area (Å²) < 4.78 is 6.29. The minimum Gasteiger partial charge on any atom is -0.367 e. The van der Waals surface area contributed by atoms with E-state index in [2.05, 4.69) is 33.8 Å². The molecule has 2 bridgehead atoms. The first-order valence-corrected chi connectivity index (χ1v) is 6.26. The molecule has 1 saturated carbocycles. The van der Waals surface area contributed by atoms with E-state index < -0.39 is 0 Å². The van der Waals surface area contributed by atoms with Crippen molar-refractivity contribution in [2.45, 2.75) is 58.7 Å². The predicted molar refractivity (Wildman–Crippen MR) is 61.6 cm³/mol. The molecular weight excluding hydrogens is 184 g/mol.